The van der Waals surface area contributed by atoms with Gasteiger partial charge in [-0.1, -0.05) is 29.8 Å². The highest BCUT2D eigenvalue weighted by atomic mass is 35.5. The maximum atomic E-state index is 13.0. The third-order valence-electron chi connectivity index (χ3n) is 5.08. The maximum absolute atomic E-state index is 13.0. The Kier molecular flexibility index (Phi) is 5.13. The Balaban J connectivity index is 1.59. The molecule has 0 fully saturated rings. The molecule has 2 aromatic carbocycles. The van der Waals surface area contributed by atoms with Crippen molar-refractivity contribution in [3.63, 3.8) is 0 Å². The summed E-state index contributed by atoms with van der Waals surface area (Å²) in [5, 5.41) is 4.68. The average molecular weight is 423 g/mol. The van der Waals surface area contributed by atoms with Gasteiger partial charge in [-0.05, 0) is 37.3 Å². The van der Waals surface area contributed by atoms with Crippen LogP contribution in [0.15, 0.2) is 54.7 Å². The molecule has 0 spiro atoms. The quantitative estimate of drug-likeness (QED) is 0.588. The molecule has 152 valence electrons. The van der Waals surface area contributed by atoms with Crippen LogP contribution in [-0.2, 0) is 13.1 Å². The van der Waals surface area contributed by atoms with Crippen LogP contribution in [0.2, 0.25) is 5.02 Å². The highest BCUT2D eigenvalue weighted by Crippen LogP contribution is 2.29. The number of halogens is 1. The fraction of sp³-hybridized carbons (Fsp3) is 0.182. The van der Waals surface area contributed by atoms with E-state index in [1.807, 2.05) is 6.92 Å². The summed E-state index contributed by atoms with van der Waals surface area (Å²) in [5.41, 5.74) is 2.19. The number of hydrogen-bond acceptors (Lipinski definition) is 4. The second-order valence-corrected chi connectivity index (χ2v) is 7.37. The number of benzene rings is 2. The van der Waals surface area contributed by atoms with Crippen LogP contribution in [0.4, 0.5) is 5.69 Å². The molecule has 1 aliphatic heterocycles. The van der Waals surface area contributed by atoms with Crippen LogP contribution < -0.4 is 4.90 Å². The minimum Gasteiger partial charge on any atom is -0.336 e. The lowest BCUT2D eigenvalue weighted by Gasteiger charge is -2.20. The number of carbonyl (C=O) groups excluding carboxylic acids is 3. The van der Waals surface area contributed by atoms with Crippen LogP contribution in [-0.4, -0.2) is 39.4 Å². The first kappa shape index (κ1) is 19.8. The molecule has 0 unspecified atom stereocenters. The van der Waals surface area contributed by atoms with E-state index in [0.717, 1.165) is 10.6 Å². The minimum absolute atomic E-state index is 0.256. The molecule has 0 atom stereocenters. The predicted molar refractivity (Wildman–Crippen MR) is 113 cm³/mol. The Morgan fingerprint density at radius 2 is 1.73 bits per heavy atom. The van der Waals surface area contributed by atoms with Gasteiger partial charge in [-0.3, -0.25) is 19.1 Å². The molecule has 3 aromatic rings. The van der Waals surface area contributed by atoms with Crippen LogP contribution in [0.1, 0.15) is 43.7 Å². The van der Waals surface area contributed by atoms with E-state index in [4.69, 9.17) is 11.6 Å². The lowest BCUT2D eigenvalue weighted by atomic mass is 10.1. The van der Waals surface area contributed by atoms with Gasteiger partial charge >= 0.3 is 0 Å². The summed E-state index contributed by atoms with van der Waals surface area (Å²) in [6, 6.07) is 13.2. The molecule has 0 aliphatic carbocycles. The number of rotatable bonds is 5. The number of aryl methyl sites for hydroxylation is 1. The zero-order chi connectivity index (χ0) is 21.4. The summed E-state index contributed by atoms with van der Waals surface area (Å²) in [6.07, 6.45) is 1.56. The van der Waals surface area contributed by atoms with Crippen molar-refractivity contribution in [1.82, 2.24) is 14.7 Å². The Labute approximate surface area is 178 Å². The second kappa shape index (κ2) is 7.76. The average Bonchev–Trinajstić information content (AvgIpc) is 3.24. The molecular weight excluding hydrogens is 404 g/mol. The topological polar surface area (TPSA) is 75.5 Å². The number of amides is 3. The Bertz CT molecular complexity index is 1140. The van der Waals surface area contributed by atoms with Gasteiger partial charge in [0.1, 0.15) is 0 Å². The van der Waals surface area contributed by atoms with Crippen LogP contribution >= 0.6 is 11.6 Å². The van der Waals surface area contributed by atoms with Crippen molar-refractivity contribution in [2.75, 3.05) is 11.9 Å². The monoisotopic (exact) mass is 422 g/mol. The second-order valence-electron chi connectivity index (χ2n) is 6.96. The third kappa shape index (κ3) is 3.27. The van der Waals surface area contributed by atoms with Crippen molar-refractivity contribution in [3.8, 4) is 0 Å². The number of aromatic nitrogens is 2. The Hall–Kier alpha value is -3.45. The van der Waals surface area contributed by atoms with Gasteiger partial charge < -0.3 is 4.90 Å². The van der Waals surface area contributed by atoms with Gasteiger partial charge in [0.2, 0.25) is 0 Å². The molecule has 8 heteroatoms. The van der Waals surface area contributed by atoms with Gasteiger partial charge in [0.05, 0.1) is 40.3 Å². The smallest absolute Gasteiger partial charge is 0.266 e. The fourth-order valence-corrected chi connectivity index (χ4v) is 3.74. The largest absolute Gasteiger partial charge is 0.336 e. The summed E-state index contributed by atoms with van der Waals surface area (Å²) in [4.78, 5) is 41.1. The number of anilines is 1. The first-order chi connectivity index (χ1) is 14.4. The summed E-state index contributed by atoms with van der Waals surface area (Å²) >= 11 is 6.20. The number of hydrogen-bond donors (Lipinski definition) is 0. The lowest BCUT2D eigenvalue weighted by molar-refractivity contribution is 0.0780. The SMILES string of the molecule is CCn1ncc(Cl)c1CN(C)C(=O)c1cccc(N2C(=O)c3ccccc3C2=O)c1. The first-order valence-corrected chi connectivity index (χ1v) is 9.83. The van der Waals surface area contributed by atoms with E-state index in [2.05, 4.69) is 5.10 Å². The molecule has 0 N–H and O–H groups in total. The van der Waals surface area contributed by atoms with E-state index in [0.29, 0.717) is 33.9 Å². The van der Waals surface area contributed by atoms with Gasteiger partial charge in [0.25, 0.3) is 17.7 Å². The van der Waals surface area contributed by atoms with E-state index in [9.17, 15) is 14.4 Å². The Morgan fingerprint density at radius 3 is 2.37 bits per heavy atom. The van der Waals surface area contributed by atoms with E-state index in [-0.39, 0.29) is 12.5 Å². The highest BCUT2D eigenvalue weighted by Gasteiger charge is 2.36. The zero-order valence-corrected chi connectivity index (χ0v) is 17.3. The molecule has 4 rings (SSSR count). The normalized spacial score (nSPS) is 13.0. The van der Waals surface area contributed by atoms with Crippen molar-refractivity contribution in [2.24, 2.45) is 0 Å². The lowest BCUT2D eigenvalue weighted by Crippen LogP contribution is -2.30. The fourth-order valence-electron chi connectivity index (χ4n) is 3.54. The number of carbonyl (C=O) groups is 3. The van der Waals surface area contributed by atoms with Gasteiger partial charge in [0.15, 0.2) is 0 Å². The molecule has 0 bridgehead atoms. The van der Waals surface area contributed by atoms with Crippen molar-refractivity contribution in [3.05, 3.63) is 82.1 Å². The summed E-state index contributed by atoms with van der Waals surface area (Å²) < 4.78 is 1.74. The predicted octanol–water partition coefficient (Wildman–Crippen LogP) is 3.63. The van der Waals surface area contributed by atoms with E-state index in [1.165, 1.54) is 4.90 Å². The van der Waals surface area contributed by atoms with Crippen LogP contribution in [0, 0.1) is 0 Å². The number of nitrogens with zero attached hydrogens (tertiary/aromatic N) is 4. The minimum atomic E-state index is -0.396. The van der Waals surface area contributed by atoms with Gasteiger partial charge in [-0.15, -0.1) is 0 Å². The van der Waals surface area contributed by atoms with Crippen molar-refractivity contribution in [2.45, 2.75) is 20.0 Å². The van der Waals surface area contributed by atoms with Crippen molar-refractivity contribution < 1.29 is 14.4 Å². The summed E-state index contributed by atoms with van der Waals surface area (Å²) in [7, 11) is 1.67. The Morgan fingerprint density at radius 1 is 1.07 bits per heavy atom. The van der Waals surface area contributed by atoms with Gasteiger partial charge in [-0.2, -0.15) is 5.10 Å². The molecule has 30 heavy (non-hydrogen) atoms. The highest BCUT2D eigenvalue weighted by molar-refractivity contribution is 6.34. The van der Waals surface area contributed by atoms with Crippen LogP contribution in [0.5, 0.6) is 0 Å². The first-order valence-electron chi connectivity index (χ1n) is 9.46. The van der Waals surface area contributed by atoms with Crippen molar-refractivity contribution in [1.29, 1.82) is 0 Å². The summed E-state index contributed by atoms with van der Waals surface area (Å²) in [5.74, 6) is -1.05. The van der Waals surface area contributed by atoms with Gasteiger partial charge in [-0.25, -0.2) is 4.90 Å². The number of imide groups is 1. The molecule has 3 amide bonds. The maximum Gasteiger partial charge on any atom is 0.266 e. The zero-order valence-electron chi connectivity index (χ0n) is 16.5. The molecule has 0 saturated heterocycles. The van der Waals surface area contributed by atoms with Crippen LogP contribution in [0.25, 0.3) is 0 Å². The molecule has 1 aromatic heterocycles. The molecule has 1 aliphatic rings. The molecule has 0 saturated carbocycles. The number of fused-ring (bicyclic) bond motifs is 1. The van der Waals surface area contributed by atoms with Crippen molar-refractivity contribution >= 4 is 35.0 Å². The third-order valence-corrected chi connectivity index (χ3v) is 5.39. The molecule has 7 nitrogen and oxygen atoms in total. The van der Waals surface area contributed by atoms with E-state index in [1.54, 1.807) is 66.5 Å². The van der Waals surface area contributed by atoms with Gasteiger partial charge in [0, 0.05) is 19.2 Å². The van der Waals surface area contributed by atoms with E-state index < -0.39 is 11.8 Å². The standard InChI is InChI=1S/C22H19ClN4O3/c1-3-26-19(18(23)12-24-26)13-25(2)20(28)14-7-6-8-15(11-14)27-21(29)16-9-4-5-10-17(16)22(27)30/h4-12H,3,13H2,1-2H3. The van der Waals surface area contributed by atoms with E-state index >= 15 is 0 Å². The molecule has 0 radical (unpaired) electrons. The molecule has 2 heterocycles. The van der Waals surface area contributed by atoms with Crippen LogP contribution in [0.3, 0.4) is 0 Å². The molecular formula is C22H19ClN4O3. The summed E-state index contributed by atoms with van der Waals surface area (Å²) in [6.45, 7) is 2.86.